The van der Waals surface area contributed by atoms with Crippen LogP contribution in [0, 0.1) is 6.92 Å². The fraction of sp³-hybridized carbons (Fsp3) is 0.333. The molecule has 90 valence electrons. The first-order chi connectivity index (χ1) is 8.13. The molecule has 1 heterocycles. The van der Waals surface area contributed by atoms with Gasteiger partial charge in [0.05, 0.1) is 23.8 Å². The van der Waals surface area contributed by atoms with Gasteiger partial charge in [-0.05, 0) is 19.1 Å². The monoisotopic (exact) mass is 234 g/mol. The highest BCUT2D eigenvalue weighted by Crippen LogP contribution is 2.04. The summed E-state index contributed by atoms with van der Waals surface area (Å²) >= 11 is 0. The molecule has 5 heteroatoms. The van der Waals surface area contributed by atoms with Crippen molar-refractivity contribution < 1.29 is 9.47 Å². The Morgan fingerprint density at radius 2 is 2.12 bits per heavy atom. The molecule has 5 nitrogen and oxygen atoms in total. The number of methoxy groups -OCH3 is 2. The fourth-order valence-electron chi connectivity index (χ4n) is 1.71. The maximum atomic E-state index is 11.8. The third kappa shape index (κ3) is 2.29. The highest BCUT2D eigenvalue weighted by Gasteiger charge is 2.08. The lowest BCUT2D eigenvalue weighted by Crippen LogP contribution is -2.44. The zero-order valence-electron chi connectivity index (χ0n) is 9.98. The summed E-state index contributed by atoms with van der Waals surface area (Å²) in [6.45, 7) is 1.74. The smallest absolute Gasteiger partial charge is 0.258 e. The first-order valence-electron chi connectivity index (χ1n) is 5.23. The second-order valence-corrected chi connectivity index (χ2v) is 3.73. The molecule has 0 spiro atoms. The van der Waals surface area contributed by atoms with Gasteiger partial charge in [-0.2, -0.15) is 0 Å². The number of aryl methyl sites for hydroxylation is 1. The average Bonchev–Trinajstić information content (AvgIpc) is 2.47. The molecule has 1 unspecified atom stereocenters. The maximum Gasteiger partial charge on any atom is 0.258 e. The van der Waals surface area contributed by atoms with Crippen LogP contribution in [0.4, 0.5) is 0 Å². The normalized spacial score (nSPS) is 18.3. The van der Waals surface area contributed by atoms with E-state index in [0.717, 1.165) is 0 Å². The van der Waals surface area contributed by atoms with E-state index in [1.165, 1.54) is 0 Å². The van der Waals surface area contributed by atoms with Crippen LogP contribution >= 0.6 is 0 Å². The lowest BCUT2D eigenvalue weighted by Gasteiger charge is -2.05. The van der Waals surface area contributed by atoms with Crippen molar-refractivity contribution in [1.29, 1.82) is 0 Å². The Kier molecular flexibility index (Phi) is 3.10. The number of hydrogen-bond acceptors (Lipinski definition) is 4. The first kappa shape index (κ1) is 11.6. The Morgan fingerprint density at radius 3 is 2.76 bits per heavy atom. The predicted molar refractivity (Wildman–Crippen MR) is 63.7 cm³/mol. The van der Waals surface area contributed by atoms with E-state index in [4.69, 9.17) is 9.47 Å². The highest BCUT2D eigenvalue weighted by atomic mass is 16.5. The lowest BCUT2D eigenvalue weighted by atomic mass is 10.3. The molecule has 0 saturated carbocycles. The maximum absolute atomic E-state index is 11.8. The van der Waals surface area contributed by atoms with Crippen LogP contribution < -0.4 is 16.1 Å². The van der Waals surface area contributed by atoms with Gasteiger partial charge in [-0.1, -0.05) is 0 Å². The van der Waals surface area contributed by atoms with Crippen LogP contribution in [0.15, 0.2) is 16.6 Å². The van der Waals surface area contributed by atoms with Crippen molar-refractivity contribution in [2.24, 2.45) is 0 Å². The minimum absolute atomic E-state index is 0.170. The molecule has 17 heavy (non-hydrogen) atoms. The summed E-state index contributed by atoms with van der Waals surface area (Å²) in [6.07, 6.45) is 4.94. The molecule has 0 aliphatic heterocycles. The van der Waals surface area contributed by atoms with Crippen molar-refractivity contribution in [3.63, 3.8) is 0 Å². The molecule has 2 rings (SSSR count). The first-order valence-corrected chi connectivity index (χ1v) is 5.23. The summed E-state index contributed by atoms with van der Waals surface area (Å²) in [5.41, 5.74) is -0.170. The number of aromatic nitrogens is 2. The molecule has 1 aromatic heterocycles. The van der Waals surface area contributed by atoms with Crippen LogP contribution in [0.2, 0.25) is 0 Å². The standard InChI is InChI=1S/C12H14N2O3/c1-7-13-11-6-9(17-3)4-8(16-2)5-10(11)12(15)14-7/h4-6,8H,1-3H3,(H,13,14,15). The number of H-pyrrole nitrogens is 1. The number of aromatic amines is 1. The van der Waals surface area contributed by atoms with E-state index in [1.54, 1.807) is 39.4 Å². The molecular weight excluding hydrogens is 220 g/mol. The Bertz CT molecular complexity index is 628. The van der Waals surface area contributed by atoms with Crippen molar-refractivity contribution in [2.75, 3.05) is 14.2 Å². The molecule has 0 fully saturated rings. The van der Waals surface area contributed by atoms with Crippen molar-refractivity contribution >= 4 is 12.2 Å². The Labute approximate surface area is 98.1 Å². The summed E-state index contributed by atoms with van der Waals surface area (Å²) in [5, 5.41) is 1.10. The summed E-state index contributed by atoms with van der Waals surface area (Å²) in [7, 11) is 3.14. The zero-order valence-corrected chi connectivity index (χ0v) is 9.98. The third-order valence-electron chi connectivity index (χ3n) is 2.55. The number of nitrogens with zero attached hydrogens (tertiary/aromatic N) is 1. The number of allylic oxidation sites excluding steroid dienone is 1. The SMILES string of the molecule is COC1=CC(OC)C=c2c(nc(C)[nH]c2=O)=C1. The summed E-state index contributed by atoms with van der Waals surface area (Å²) < 4.78 is 10.4. The molecule has 0 bridgehead atoms. The van der Waals surface area contributed by atoms with E-state index in [9.17, 15) is 4.79 Å². The second kappa shape index (κ2) is 4.55. The lowest BCUT2D eigenvalue weighted by molar-refractivity contribution is 0.183. The quantitative estimate of drug-likeness (QED) is 0.727. The molecule has 0 aromatic carbocycles. The molecule has 1 N–H and O–H groups in total. The van der Waals surface area contributed by atoms with Gasteiger partial charge in [-0.3, -0.25) is 4.79 Å². The minimum atomic E-state index is -0.298. The summed E-state index contributed by atoms with van der Waals surface area (Å²) in [4.78, 5) is 18.8. The third-order valence-corrected chi connectivity index (χ3v) is 2.55. The number of nitrogens with one attached hydrogen (secondary N) is 1. The van der Waals surface area contributed by atoms with Gasteiger partial charge < -0.3 is 14.5 Å². The van der Waals surface area contributed by atoms with Gasteiger partial charge in [0, 0.05) is 13.2 Å². The van der Waals surface area contributed by atoms with Crippen LogP contribution in [0.25, 0.3) is 12.2 Å². The van der Waals surface area contributed by atoms with Crippen LogP contribution in [-0.4, -0.2) is 30.3 Å². The van der Waals surface area contributed by atoms with Crippen molar-refractivity contribution in [3.05, 3.63) is 38.6 Å². The van der Waals surface area contributed by atoms with Crippen LogP contribution in [-0.2, 0) is 9.47 Å². The van der Waals surface area contributed by atoms with E-state index in [2.05, 4.69) is 9.97 Å². The van der Waals surface area contributed by atoms with E-state index in [-0.39, 0.29) is 11.7 Å². The number of ether oxygens (including phenoxy) is 2. The Hall–Kier alpha value is -1.88. The van der Waals surface area contributed by atoms with E-state index in [1.807, 2.05) is 0 Å². The number of hydrogen-bond donors (Lipinski definition) is 1. The topological polar surface area (TPSA) is 64.2 Å². The molecule has 0 radical (unpaired) electrons. The fourth-order valence-corrected chi connectivity index (χ4v) is 1.71. The molecule has 1 aliphatic carbocycles. The molecule has 1 aromatic rings. The van der Waals surface area contributed by atoms with E-state index in [0.29, 0.717) is 22.2 Å². The molecular formula is C12H14N2O3. The second-order valence-electron chi connectivity index (χ2n) is 3.73. The summed E-state index contributed by atoms with van der Waals surface area (Å²) in [6, 6.07) is 0. The van der Waals surface area contributed by atoms with Gasteiger partial charge in [-0.15, -0.1) is 0 Å². The van der Waals surface area contributed by atoms with Crippen LogP contribution in [0.3, 0.4) is 0 Å². The van der Waals surface area contributed by atoms with Gasteiger partial charge in [0.2, 0.25) is 0 Å². The Morgan fingerprint density at radius 1 is 1.35 bits per heavy atom. The van der Waals surface area contributed by atoms with E-state index >= 15 is 0 Å². The van der Waals surface area contributed by atoms with Crippen LogP contribution in [0.5, 0.6) is 0 Å². The van der Waals surface area contributed by atoms with E-state index < -0.39 is 0 Å². The molecule has 0 saturated heterocycles. The molecule has 1 atom stereocenters. The van der Waals surface area contributed by atoms with Crippen molar-refractivity contribution in [1.82, 2.24) is 9.97 Å². The van der Waals surface area contributed by atoms with Gasteiger partial charge in [0.1, 0.15) is 11.6 Å². The highest BCUT2D eigenvalue weighted by molar-refractivity contribution is 5.49. The molecule has 1 aliphatic rings. The largest absolute Gasteiger partial charge is 0.497 e. The number of rotatable bonds is 2. The van der Waals surface area contributed by atoms with Crippen LogP contribution in [0.1, 0.15) is 5.82 Å². The summed E-state index contributed by atoms with van der Waals surface area (Å²) in [5.74, 6) is 1.20. The predicted octanol–water partition coefficient (Wildman–Crippen LogP) is -0.802. The van der Waals surface area contributed by atoms with Gasteiger partial charge >= 0.3 is 0 Å². The average molecular weight is 234 g/mol. The van der Waals surface area contributed by atoms with Crippen molar-refractivity contribution in [2.45, 2.75) is 13.0 Å². The minimum Gasteiger partial charge on any atom is -0.497 e. The van der Waals surface area contributed by atoms with Gasteiger partial charge in [0.25, 0.3) is 5.56 Å². The zero-order chi connectivity index (χ0) is 12.4. The van der Waals surface area contributed by atoms with Gasteiger partial charge in [-0.25, -0.2) is 4.98 Å². The van der Waals surface area contributed by atoms with Crippen molar-refractivity contribution in [3.8, 4) is 0 Å². The Balaban J connectivity index is 2.79. The number of fused-ring (bicyclic) bond motifs is 1. The van der Waals surface area contributed by atoms with Gasteiger partial charge in [0.15, 0.2) is 0 Å². The molecule has 0 amide bonds.